The van der Waals surface area contributed by atoms with Crippen molar-refractivity contribution >= 4 is 11.8 Å². The molecule has 1 fully saturated rings. The first-order chi connectivity index (χ1) is 10.1. The van der Waals surface area contributed by atoms with Crippen LogP contribution in [0.2, 0.25) is 0 Å². The van der Waals surface area contributed by atoms with Crippen LogP contribution in [0.3, 0.4) is 0 Å². The van der Waals surface area contributed by atoms with E-state index in [1.165, 1.54) is 0 Å². The van der Waals surface area contributed by atoms with E-state index in [1.54, 1.807) is 0 Å². The van der Waals surface area contributed by atoms with Gasteiger partial charge in [-0.05, 0) is 24.0 Å². The first-order valence-corrected chi connectivity index (χ1v) is 7.34. The van der Waals surface area contributed by atoms with Gasteiger partial charge in [-0.3, -0.25) is 14.4 Å². The smallest absolute Gasteiger partial charge is 0.253 e. The van der Waals surface area contributed by atoms with Gasteiger partial charge in [-0.25, -0.2) is 0 Å². The maximum Gasteiger partial charge on any atom is 0.253 e. The summed E-state index contributed by atoms with van der Waals surface area (Å²) in [5.41, 5.74) is 1.16. The number of para-hydroxylation sites is 1. The van der Waals surface area contributed by atoms with E-state index in [-0.39, 0.29) is 31.3 Å². The first kappa shape index (κ1) is 15.5. The molecule has 2 rings (SSSR count). The molecular formula is C16H21NO4. The lowest BCUT2D eigenvalue weighted by Crippen LogP contribution is -2.31. The predicted molar refractivity (Wildman–Crippen MR) is 77.7 cm³/mol. The van der Waals surface area contributed by atoms with Gasteiger partial charge < -0.3 is 4.74 Å². The highest BCUT2D eigenvalue weighted by Crippen LogP contribution is 2.28. The molecular weight excluding hydrogens is 270 g/mol. The van der Waals surface area contributed by atoms with E-state index in [0.717, 1.165) is 22.8 Å². The normalized spacial score (nSPS) is 16.4. The average molecular weight is 291 g/mol. The van der Waals surface area contributed by atoms with Crippen LogP contribution >= 0.6 is 0 Å². The summed E-state index contributed by atoms with van der Waals surface area (Å²) >= 11 is 0. The number of amides is 2. The topological polar surface area (TPSA) is 55.8 Å². The molecule has 114 valence electrons. The van der Waals surface area contributed by atoms with Gasteiger partial charge >= 0.3 is 0 Å². The van der Waals surface area contributed by atoms with Crippen molar-refractivity contribution in [2.75, 3.05) is 13.2 Å². The van der Waals surface area contributed by atoms with Crippen LogP contribution in [0.4, 0.5) is 0 Å². The fraction of sp³-hybridized carbons (Fsp3) is 0.500. The lowest BCUT2D eigenvalue weighted by molar-refractivity contribution is -0.189. The van der Waals surface area contributed by atoms with E-state index in [0.29, 0.717) is 12.5 Å². The SMILES string of the molecule is CC[C@@H](C)c1ccccc1OCCON1C(=O)CCC1=O. The number of hydrogen-bond acceptors (Lipinski definition) is 4. The van der Waals surface area contributed by atoms with Crippen molar-refractivity contribution in [3.05, 3.63) is 29.8 Å². The Balaban J connectivity index is 1.84. The molecule has 0 spiro atoms. The number of hydroxylamine groups is 2. The van der Waals surface area contributed by atoms with Gasteiger partial charge in [0.25, 0.3) is 11.8 Å². The molecule has 0 radical (unpaired) electrons. The van der Waals surface area contributed by atoms with Gasteiger partial charge in [0.05, 0.1) is 0 Å². The minimum atomic E-state index is -0.278. The molecule has 21 heavy (non-hydrogen) atoms. The molecule has 0 saturated carbocycles. The minimum Gasteiger partial charge on any atom is -0.491 e. The van der Waals surface area contributed by atoms with Crippen molar-refractivity contribution in [1.82, 2.24) is 5.06 Å². The summed E-state index contributed by atoms with van der Waals surface area (Å²) in [6.45, 7) is 4.76. The van der Waals surface area contributed by atoms with Crippen LogP contribution in [0.25, 0.3) is 0 Å². The molecule has 0 unspecified atom stereocenters. The largest absolute Gasteiger partial charge is 0.491 e. The Morgan fingerprint density at radius 2 is 1.81 bits per heavy atom. The molecule has 5 heteroatoms. The second-order valence-electron chi connectivity index (χ2n) is 5.11. The lowest BCUT2D eigenvalue weighted by Gasteiger charge is -2.17. The number of rotatable bonds is 7. The molecule has 0 N–H and O–H groups in total. The van der Waals surface area contributed by atoms with Crippen LogP contribution in [-0.4, -0.2) is 30.1 Å². The van der Waals surface area contributed by atoms with Crippen LogP contribution in [0.15, 0.2) is 24.3 Å². The highest BCUT2D eigenvalue weighted by atomic mass is 16.7. The van der Waals surface area contributed by atoms with Crippen molar-refractivity contribution in [3.63, 3.8) is 0 Å². The number of nitrogens with zero attached hydrogens (tertiary/aromatic N) is 1. The summed E-state index contributed by atoms with van der Waals surface area (Å²) in [7, 11) is 0. The monoisotopic (exact) mass is 291 g/mol. The predicted octanol–water partition coefficient (Wildman–Crippen LogP) is 2.66. The van der Waals surface area contributed by atoms with Crippen LogP contribution in [-0.2, 0) is 14.4 Å². The summed E-state index contributed by atoms with van der Waals surface area (Å²) in [6.07, 6.45) is 1.50. The average Bonchev–Trinajstić information content (AvgIpc) is 2.82. The summed E-state index contributed by atoms with van der Waals surface area (Å²) < 4.78 is 5.72. The van der Waals surface area contributed by atoms with E-state index >= 15 is 0 Å². The van der Waals surface area contributed by atoms with Gasteiger partial charge in [-0.1, -0.05) is 32.0 Å². The second-order valence-corrected chi connectivity index (χ2v) is 5.11. The zero-order valence-corrected chi connectivity index (χ0v) is 12.5. The third-order valence-corrected chi connectivity index (χ3v) is 3.63. The number of carbonyl (C=O) groups is 2. The van der Waals surface area contributed by atoms with Gasteiger partial charge in [-0.2, -0.15) is 5.06 Å². The Morgan fingerprint density at radius 3 is 2.48 bits per heavy atom. The third kappa shape index (κ3) is 3.82. The van der Waals surface area contributed by atoms with Crippen molar-refractivity contribution in [1.29, 1.82) is 0 Å². The van der Waals surface area contributed by atoms with Gasteiger partial charge in [0, 0.05) is 12.8 Å². The Bertz CT molecular complexity index is 499. The molecule has 0 bridgehead atoms. The molecule has 1 saturated heterocycles. The lowest BCUT2D eigenvalue weighted by atomic mass is 9.98. The Hall–Kier alpha value is -1.88. The number of benzene rings is 1. The minimum absolute atomic E-state index is 0.173. The van der Waals surface area contributed by atoms with Crippen LogP contribution in [0.1, 0.15) is 44.6 Å². The Kier molecular flexibility index (Phi) is 5.33. The van der Waals surface area contributed by atoms with E-state index < -0.39 is 0 Å². The van der Waals surface area contributed by atoms with Gasteiger partial charge in [0.15, 0.2) is 0 Å². The van der Waals surface area contributed by atoms with Crippen LogP contribution in [0.5, 0.6) is 5.75 Å². The number of ether oxygens (including phenoxy) is 1. The maximum absolute atomic E-state index is 11.4. The molecule has 0 aliphatic carbocycles. The van der Waals surface area contributed by atoms with Crippen molar-refractivity contribution in [2.24, 2.45) is 0 Å². The molecule has 5 nitrogen and oxygen atoms in total. The first-order valence-electron chi connectivity index (χ1n) is 7.34. The second kappa shape index (κ2) is 7.22. The van der Waals surface area contributed by atoms with Crippen LogP contribution in [0, 0.1) is 0 Å². The fourth-order valence-corrected chi connectivity index (χ4v) is 2.22. The molecule has 1 aromatic rings. The van der Waals surface area contributed by atoms with Crippen molar-refractivity contribution < 1.29 is 19.2 Å². The van der Waals surface area contributed by atoms with Gasteiger partial charge in [-0.15, -0.1) is 0 Å². The maximum atomic E-state index is 11.4. The Morgan fingerprint density at radius 1 is 1.14 bits per heavy atom. The molecule has 1 heterocycles. The van der Waals surface area contributed by atoms with Crippen molar-refractivity contribution in [2.45, 2.75) is 39.0 Å². The summed E-state index contributed by atoms with van der Waals surface area (Å²) in [6, 6.07) is 7.90. The molecule has 0 aromatic heterocycles. The molecule has 1 aromatic carbocycles. The molecule has 1 atom stereocenters. The van der Waals surface area contributed by atoms with Crippen LogP contribution < -0.4 is 4.74 Å². The molecule has 1 aliphatic rings. The van der Waals surface area contributed by atoms with E-state index in [1.807, 2.05) is 18.2 Å². The van der Waals surface area contributed by atoms with E-state index in [9.17, 15) is 9.59 Å². The highest BCUT2D eigenvalue weighted by molar-refractivity contribution is 6.00. The zero-order valence-electron chi connectivity index (χ0n) is 12.5. The third-order valence-electron chi connectivity index (χ3n) is 3.63. The van der Waals surface area contributed by atoms with Gasteiger partial charge in [0.1, 0.15) is 19.0 Å². The summed E-state index contributed by atoms with van der Waals surface area (Å²) in [4.78, 5) is 27.9. The fourth-order valence-electron chi connectivity index (χ4n) is 2.22. The quantitative estimate of drug-likeness (QED) is 0.572. The summed E-state index contributed by atoms with van der Waals surface area (Å²) in [5, 5.41) is 0.851. The van der Waals surface area contributed by atoms with Gasteiger partial charge in [0.2, 0.25) is 0 Å². The number of hydrogen-bond donors (Lipinski definition) is 0. The molecule has 2 amide bonds. The summed E-state index contributed by atoms with van der Waals surface area (Å²) in [5.74, 6) is 0.693. The standard InChI is InChI=1S/C16H21NO4/c1-3-12(2)13-6-4-5-7-14(13)20-10-11-21-17-15(18)8-9-16(17)19/h4-7,12H,3,8-11H2,1-2H3/t12-/m1/s1. The Labute approximate surface area is 124 Å². The number of imide groups is 1. The van der Waals surface area contributed by atoms with E-state index in [4.69, 9.17) is 9.57 Å². The number of carbonyl (C=O) groups excluding carboxylic acids is 2. The molecule has 1 aliphatic heterocycles. The highest BCUT2D eigenvalue weighted by Gasteiger charge is 2.30. The van der Waals surface area contributed by atoms with E-state index in [2.05, 4.69) is 19.9 Å². The van der Waals surface area contributed by atoms with Crippen molar-refractivity contribution in [3.8, 4) is 5.75 Å². The zero-order chi connectivity index (χ0) is 15.2.